The number of benzene rings is 3. The van der Waals surface area contributed by atoms with Crippen molar-refractivity contribution in [1.29, 1.82) is 0 Å². The van der Waals surface area contributed by atoms with Crippen LogP contribution in [0.5, 0.6) is 11.5 Å². The van der Waals surface area contributed by atoms with Crippen LogP contribution in [0.4, 0.5) is 14.5 Å². The molecule has 5 nitrogen and oxygen atoms in total. The lowest BCUT2D eigenvalue weighted by Gasteiger charge is -2.40. The molecule has 0 spiro atoms. The molecule has 218 valence electrons. The molecule has 0 bridgehead atoms. The minimum atomic E-state index is -2.77. The van der Waals surface area contributed by atoms with Gasteiger partial charge >= 0.3 is 0 Å². The average molecular weight is 584 g/mol. The molecule has 3 aromatic carbocycles. The molecule has 5 rings (SSSR count). The highest BCUT2D eigenvalue weighted by Gasteiger charge is 2.44. The molecule has 8 heteroatoms. The van der Waals surface area contributed by atoms with Crippen LogP contribution >= 0.6 is 11.6 Å². The second kappa shape index (κ2) is 11.3. The molecule has 0 saturated heterocycles. The molecule has 3 atom stereocenters. The first-order valence-corrected chi connectivity index (χ1v) is 14.4. The maximum Gasteiger partial charge on any atom is 0.248 e. The number of hydrogen-bond acceptors (Lipinski definition) is 4. The maximum absolute atomic E-state index is 14.2. The second-order valence-corrected chi connectivity index (χ2v) is 12.0. The maximum atomic E-state index is 14.2. The monoisotopic (exact) mass is 583 g/mol. The fourth-order valence-electron chi connectivity index (χ4n) is 6.18. The van der Waals surface area contributed by atoms with E-state index < -0.39 is 23.5 Å². The van der Waals surface area contributed by atoms with Gasteiger partial charge in [-0.25, -0.2) is 8.78 Å². The van der Waals surface area contributed by atoms with Gasteiger partial charge in [-0.1, -0.05) is 35.9 Å². The van der Waals surface area contributed by atoms with E-state index in [1.807, 2.05) is 38.1 Å². The van der Waals surface area contributed by atoms with Gasteiger partial charge in [0.25, 0.3) is 0 Å². The van der Waals surface area contributed by atoms with Crippen LogP contribution in [0.3, 0.4) is 0 Å². The third-order valence-corrected chi connectivity index (χ3v) is 8.55. The molecule has 41 heavy (non-hydrogen) atoms. The highest BCUT2D eigenvalue weighted by atomic mass is 35.5. The molecule has 0 radical (unpaired) electrons. The van der Waals surface area contributed by atoms with E-state index in [1.54, 1.807) is 55.3 Å². The SMILES string of the molecule is COc1cc2c(cc1OC(C)C)[C@H](c1ccc(Cl)cc1)N(c1ccc([C@@](C)(O)C3CCCC(F)(F)C3)cc1)C(=O)C2. The van der Waals surface area contributed by atoms with E-state index in [4.69, 9.17) is 21.1 Å². The standard InChI is InChI=1S/C33H36ClF2NO4/c1-20(2)41-29-18-27-22(16-28(29)40-4)17-30(38)37(31(27)21-7-11-25(34)12-8-21)26-13-9-23(10-14-26)32(3,39)24-6-5-15-33(35,36)19-24/h7-14,16,18,20,24,31,39H,5-6,15,17,19H2,1-4H3/t24?,31-,32+/m0/s1. The zero-order chi connectivity index (χ0) is 29.5. The molecule has 3 aromatic rings. The van der Waals surface area contributed by atoms with Crippen LogP contribution in [0.1, 0.15) is 74.8 Å². The zero-order valence-electron chi connectivity index (χ0n) is 23.8. The zero-order valence-corrected chi connectivity index (χ0v) is 24.6. The van der Waals surface area contributed by atoms with E-state index in [-0.39, 0.29) is 31.3 Å². The lowest BCUT2D eigenvalue weighted by molar-refractivity contribution is -0.118. The van der Waals surface area contributed by atoms with Crippen molar-refractivity contribution in [2.24, 2.45) is 5.92 Å². The Balaban J connectivity index is 1.56. The number of methoxy groups -OCH3 is 1. The van der Waals surface area contributed by atoms with Crippen LogP contribution in [-0.2, 0) is 16.8 Å². The van der Waals surface area contributed by atoms with Gasteiger partial charge in [0.2, 0.25) is 11.8 Å². The number of halogens is 3. The van der Waals surface area contributed by atoms with Crippen molar-refractivity contribution in [3.05, 3.63) is 87.9 Å². The molecular weight excluding hydrogens is 548 g/mol. The molecule has 1 fully saturated rings. The van der Waals surface area contributed by atoms with Crippen LogP contribution in [0, 0.1) is 5.92 Å². The summed E-state index contributed by atoms with van der Waals surface area (Å²) >= 11 is 6.21. The Bertz CT molecular complexity index is 1410. The molecule has 1 unspecified atom stereocenters. The van der Waals surface area contributed by atoms with E-state index in [9.17, 15) is 18.7 Å². The van der Waals surface area contributed by atoms with E-state index >= 15 is 0 Å². The predicted molar refractivity (Wildman–Crippen MR) is 156 cm³/mol. The summed E-state index contributed by atoms with van der Waals surface area (Å²) in [6.07, 6.45) is 0.513. The van der Waals surface area contributed by atoms with Gasteiger partial charge in [-0.2, -0.15) is 0 Å². The number of nitrogens with zero attached hydrogens (tertiary/aromatic N) is 1. The number of carbonyl (C=O) groups excluding carboxylic acids is 1. The normalized spacial score (nSPS) is 21.8. The number of hydrogen-bond donors (Lipinski definition) is 1. The number of alkyl halides is 2. The first-order valence-electron chi connectivity index (χ1n) is 14.1. The number of anilines is 1. The summed E-state index contributed by atoms with van der Waals surface area (Å²) in [5.41, 5.74) is 2.38. The molecular formula is C33H36ClF2NO4. The summed E-state index contributed by atoms with van der Waals surface area (Å²) in [6, 6.07) is 17.8. The van der Waals surface area contributed by atoms with Gasteiger partial charge in [-0.15, -0.1) is 0 Å². The summed E-state index contributed by atoms with van der Waals surface area (Å²) in [5.74, 6) is -2.29. The summed E-state index contributed by atoms with van der Waals surface area (Å²) in [4.78, 5) is 15.5. The Morgan fingerprint density at radius 2 is 1.76 bits per heavy atom. The number of fused-ring (bicyclic) bond motifs is 1. The quantitative estimate of drug-likeness (QED) is 0.308. The average Bonchev–Trinajstić information content (AvgIpc) is 2.92. The van der Waals surface area contributed by atoms with Gasteiger partial charge in [-0.3, -0.25) is 4.79 Å². The van der Waals surface area contributed by atoms with Crippen LogP contribution in [0.15, 0.2) is 60.7 Å². The first kappa shape index (κ1) is 29.3. The van der Waals surface area contributed by atoms with Crippen LogP contribution < -0.4 is 14.4 Å². The molecule has 1 heterocycles. The number of carbonyl (C=O) groups is 1. The topological polar surface area (TPSA) is 59.0 Å². The van der Waals surface area contributed by atoms with Crippen molar-refractivity contribution in [1.82, 2.24) is 0 Å². The molecule has 0 aromatic heterocycles. The van der Waals surface area contributed by atoms with Crippen molar-refractivity contribution < 1.29 is 28.2 Å². The lowest BCUT2D eigenvalue weighted by Crippen LogP contribution is -2.41. The Kier molecular flexibility index (Phi) is 8.05. The van der Waals surface area contributed by atoms with Gasteiger partial charge in [0.1, 0.15) is 0 Å². The van der Waals surface area contributed by atoms with E-state index in [0.717, 1.165) is 16.7 Å². The van der Waals surface area contributed by atoms with Crippen molar-refractivity contribution in [2.75, 3.05) is 12.0 Å². The number of ether oxygens (including phenoxy) is 2. The minimum absolute atomic E-state index is 0.0818. The van der Waals surface area contributed by atoms with Crippen molar-refractivity contribution in [3.8, 4) is 11.5 Å². The fraction of sp³-hybridized carbons (Fsp3) is 0.424. The Morgan fingerprint density at radius 1 is 1.07 bits per heavy atom. The molecule has 1 N–H and O–H groups in total. The molecule has 1 aliphatic carbocycles. The van der Waals surface area contributed by atoms with Gasteiger partial charge in [0.15, 0.2) is 11.5 Å². The van der Waals surface area contributed by atoms with Gasteiger partial charge < -0.3 is 19.5 Å². The second-order valence-electron chi connectivity index (χ2n) is 11.6. The Labute approximate surface area is 245 Å². The lowest BCUT2D eigenvalue weighted by atomic mass is 9.73. The third kappa shape index (κ3) is 5.93. The first-order chi connectivity index (χ1) is 19.4. The van der Waals surface area contributed by atoms with Gasteiger partial charge in [0, 0.05) is 23.6 Å². The minimum Gasteiger partial charge on any atom is -0.493 e. The van der Waals surface area contributed by atoms with Crippen molar-refractivity contribution in [2.45, 2.75) is 76.5 Å². The summed E-state index contributed by atoms with van der Waals surface area (Å²) in [5, 5.41) is 12.0. The molecule has 1 aliphatic heterocycles. The van der Waals surface area contributed by atoms with E-state index in [2.05, 4.69) is 0 Å². The number of aliphatic hydroxyl groups is 1. The van der Waals surface area contributed by atoms with E-state index in [1.165, 1.54) is 0 Å². The smallest absolute Gasteiger partial charge is 0.248 e. The summed E-state index contributed by atoms with van der Waals surface area (Å²) in [6.45, 7) is 5.49. The summed E-state index contributed by atoms with van der Waals surface area (Å²) in [7, 11) is 1.58. The Morgan fingerprint density at radius 3 is 2.37 bits per heavy atom. The number of amides is 1. The fourth-order valence-corrected chi connectivity index (χ4v) is 6.30. The molecule has 2 aliphatic rings. The van der Waals surface area contributed by atoms with Gasteiger partial charge in [-0.05, 0) is 98.2 Å². The summed E-state index contributed by atoms with van der Waals surface area (Å²) < 4.78 is 40.0. The van der Waals surface area contributed by atoms with Crippen LogP contribution in [-0.4, -0.2) is 30.2 Å². The van der Waals surface area contributed by atoms with Crippen molar-refractivity contribution in [3.63, 3.8) is 0 Å². The molecule has 1 amide bonds. The Hall–Kier alpha value is -3.16. The highest BCUT2D eigenvalue weighted by Crippen LogP contribution is 2.47. The predicted octanol–water partition coefficient (Wildman–Crippen LogP) is 7.85. The van der Waals surface area contributed by atoms with Crippen molar-refractivity contribution >= 4 is 23.2 Å². The molecule has 1 saturated carbocycles. The van der Waals surface area contributed by atoms with Crippen LogP contribution in [0.2, 0.25) is 5.02 Å². The van der Waals surface area contributed by atoms with E-state index in [0.29, 0.717) is 40.6 Å². The largest absolute Gasteiger partial charge is 0.493 e. The third-order valence-electron chi connectivity index (χ3n) is 8.30. The highest BCUT2D eigenvalue weighted by molar-refractivity contribution is 6.30. The van der Waals surface area contributed by atoms with Gasteiger partial charge in [0.05, 0.1) is 31.3 Å². The number of rotatable bonds is 7. The van der Waals surface area contributed by atoms with Crippen LogP contribution in [0.25, 0.3) is 0 Å².